The van der Waals surface area contributed by atoms with Crippen LogP contribution in [0.2, 0.25) is 10.0 Å². The Morgan fingerprint density at radius 3 is 2.81 bits per heavy atom. The Morgan fingerprint density at radius 2 is 2.03 bits per heavy atom. The van der Waals surface area contributed by atoms with Crippen molar-refractivity contribution in [1.29, 1.82) is 0 Å². The molecule has 1 aliphatic rings. The molecule has 4 rings (SSSR count). The van der Waals surface area contributed by atoms with Gasteiger partial charge in [-0.3, -0.25) is 9.69 Å². The Bertz CT molecular complexity index is 1080. The molecule has 0 radical (unpaired) electrons. The fraction of sp³-hybridized carbons (Fsp3) is 0.417. The first-order valence-electron chi connectivity index (χ1n) is 11.0. The highest BCUT2D eigenvalue weighted by Crippen LogP contribution is 2.29. The number of amides is 1. The third-order valence-electron chi connectivity index (χ3n) is 5.68. The van der Waals surface area contributed by atoms with Crippen LogP contribution in [0.3, 0.4) is 0 Å². The third kappa shape index (κ3) is 6.35. The zero-order valence-electron chi connectivity index (χ0n) is 18.1. The summed E-state index contributed by atoms with van der Waals surface area (Å²) in [5, 5.41) is 4.57. The summed E-state index contributed by atoms with van der Waals surface area (Å²) in [7, 11) is 0. The van der Waals surface area contributed by atoms with Crippen LogP contribution in [0, 0.1) is 5.92 Å². The van der Waals surface area contributed by atoms with Crippen LogP contribution in [0.25, 0.3) is 10.2 Å². The lowest BCUT2D eigenvalue weighted by Crippen LogP contribution is -2.32. The predicted molar refractivity (Wildman–Crippen MR) is 133 cm³/mol. The van der Waals surface area contributed by atoms with Gasteiger partial charge in [-0.2, -0.15) is 0 Å². The molecule has 3 aromatic rings. The number of rotatable bonds is 8. The maximum Gasteiger partial charge on any atom is 0.226 e. The number of carbonyl (C=O) groups is 1. The molecule has 0 saturated carbocycles. The minimum Gasteiger partial charge on any atom is -0.492 e. The number of thiazole rings is 1. The molecule has 8 heteroatoms. The molecular formula is C24H27Cl2N3O2S. The molecule has 1 N–H and O–H groups in total. The second-order valence-corrected chi connectivity index (χ2v) is 10.2. The average Bonchev–Trinajstić information content (AvgIpc) is 3.15. The highest BCUT2D eigenvalue weighted by atomic mass is 35.5. The summed E-state index contributed by atoms with van der Waals surface area (Å²) in [5.74, 6) is 1.33. The fourth-order valence-electron chi connectivity index (χ4n) is 3.79. The van der Waals surface area contributed by atoms with Crippen LogP contribution in [0.15, 0.2) is 36.4 Å². The first kappa shape index (κ1) is 23.3. The van der Waals surface area contributed by atoms with E-state index in [4.69, 9.17) is 27.9 Å². The van der Waals surface area contributed by atoms with Crippen LogP contribution in [0.4, 0.5) is 5.13 Å². The number of nitrogens with zero attached hydrogens (tertiary/aromatic N) is 2. The van der Waals surface area contributed by atoms with Crippen molar-refractivity contribution >= 4 is 55.8 Å². The highest BCUT2D eigenvalue weighted by Gasteiger charge is 2.16. The minimum absolute atomic E-state index is 0.0717. The van der Waals surface area contributed by atoms with Gasteiger partial charge >= 0.3 is 0 Å². The molecule has 0 spiro atoms. The summed E-state index contributed by atoms with van der Waals surface area (Å²) in [6.45, 7) is 6.03. The zero-order valence-corrected chi connectivity index (χ0v) is 20.4. The van der Waals surface area contributed by atoms with E-state index < -0.39 is 0 Å². The van der Waals surface area contributed by atoms with E-state index in [9.17, 15) is 4.79 Å². The van der Waals surface area contributed by atoms with Crippen molar-refractivity contribution in [3.63, 3.8) is 0 Å². The summed E-state index contributed by atoms with van der Waals surface area (Å²) in [6.07, 6.45) is 3.47. The first-order chi connectivity index (χ1) is 15.5. The maximum atomic E-state index is 12.3. The van der Waals surface area contributed by atoms with Gasteiger partial charge in [0.2, 0.25) is 5.91 Å². The van der Waals surface area contributed by atoms with Crippen molar-refractivity contribution in [2.45, 2.75) is 39.2 Å². The summed E-state index contributed by atoms with van der Waals surface area (Å²) in [4.78, 5) is 19.4. The monoisotopic (exact) mass is 491 g/mol. The quantitative estimate of drug-likeness (QED) is 0.359. The Hall–Kier alpha value is -1.86. The van der Waals surface area contributed by atoms with Gasteiger partial charge in [0.25, 0.3) is 0 Å². The fourth-order valence-corrected chi connectivity index (χ4v) is 5.20. The van der Waals surface area contributed by atoms with Crippen molar-refractivity contribution in [3.8, 4) is 5.75 Å². The lowest BCUT2D eigenvalue weighted by molar-refractivity contribution is -0.116. The molecule has 1 aromatic heterocycles. The van der Waals surface area contributed by atoms with Crippen LogP contribution in [0.5, 0.6) is 5.75 Å². The number of ether oxygens (including phenoxy) is 1. The molecule has 2 aromatic carbocycles. The normalized spacial score (nSPS) is 15.2. The van der Waals surface area contributed by atoms with E-state index in [1.165, 1.54) is 29.7 Å². The second-order valence-electron chi connectivity index (χ2n) is 8.35. The van der Waals surface area contributed by atoms with Crippen molar-refractivity contribution in [1.82, 2.24) is 9.88 Å². The van der Waals surface area contributed by atoms with Gasteiger partial charge in [-0.15, -0.1) is 0 Å². The predicted octanol–water partition coefficient (Wildman–Crippen LogP) is 6.63. The van der Waals surface area contributed by atoms with Crippen molar-refractivity contribution in [2.24, 2.45) is 5.92 Å². The van der Waals surface area contributed by atoms with E-state index >= 15 is 0 Å². The molecule has 2 heterocycles. The lowest BCUT2D eigenvalue weighted by atomic mass is 9.99. The molecule has 0 atom stereocenters. The molecule has 0 unspecified atom stereocenters. The van der Waals surface area contributed by atoms with E-state index in [2.05, 4.69) is 34.3 Å². The van der Waals surface area contributed by atoms with Gasteiger partial charge in [0.1, 0.15) is 5.75 Å². The Labute approximate surface area is 202 Å². The van der Waals surface area contributed by atoms with Crippen LogP contribution in [-0.2, 0) is 11.3 Å². The van der Waals surface area contributed by atoms with E-state index in [1.807, 2.05) is 6.07 Å². The molecule has 1 aliphatic heterocycles. The molecule has 32 heavy (non-hydrogen) atoms. The van der Waals surface area contributed by atoms with Crippen LogP contribution in [0.1, 0.15) is 38.2 Å². The number of hydrogen-bond donors (Lipinski definition) is 1. The number of carbonyl (C=O) groups excluding carboxylic acids is 1. The zero-order chi connectivity index (χ0) is 22.5. The lowest BCUT2D eigenvalue weighted by Gasteiger charge is -2.30. The van der Waals surface area contributed by atoms with Crippen molar-refractivity contribution in [2.75, 3.05) is 25.0 Å². The van der Waals surface area contributed by atoms with Gasteiger partial charge in [-0.05, 0) is 74.2 Å². The number of benzene rings is 2. The van der Waals surface area contributed by atoms with Gasteiger partial charge in [0.15, 0.2) is 5.13 Å². The summed E-state index contributed by atoms with van der Waals surface area (Å²) in [5.41, 5.74) is 2.22. The largest absolute Gasteiger partial charge is 0.492 e. The maximum absolute atomic E-state index is 12.3. The highest BCUT2D eigenvalue weighted by molar-refractivity contribution is 7.22. The number of halogens is 2. The van der Waals surface area contributed by atoms with E-state index in [-0.39, 0.29) is 5.91 Å². The van der Waals surface area contributed by atoms with E-state index in [0.717, 1.165) is 35.8 Å². The molecule has 5 nitrogen and oxygen atoms in total. The topological polar surface area (TPSA) is 54.5 Å². The van der Waals surface area contributed by atoms with Crippen molar-refractivity contribution < 1.29 is 9.53 Å². The third-order valence-corrected chi connectivity index (χ3v) is 7.15. The SMILES string of the molecule is CC1CCN(Cc2ccc3nc(NC(=O)CCCOc4ccc(Cl)cc4Cl)sc3c2)CC1. The summed E-state index contributed by atoms with van der Waals surface area (Å²) in [6, 6.07) is 11.5. The number of anilines is 1. The molecule has 1 amide bonds. The van der Waals surface area contributed by atoms with Crippen LogP contribution in [-0.4, -0.2) is 35.5 Å². The number of fused-ring (bicyclic) bond motifs is 1. The number of piperidine rings is 1. The smallest absolute Gasteiger partial charge is 0.226 e. The Morgan fingerprint density at radius 1 is 1.22 bits per heavy atom. The molecule has 1 fully saturated rings. The number of nitrogens with one attached hydrogen (secondary N) is 1. The van der Waals surface area contributed by atoms with Crippen LogP contribution < -0.4 is 10.1 Å². The molecular weight excluding hydrogens is 465 g/mol. The Kier molecular flexibility index (Phi) is 7.89. The van der Waals surface area contributed by atoms with Gasteiger partial charge in [-0.25, -0.2) is 4.98 Å². The number of aromatic nitrogens is 1. The molecule has 1 saturated heterocycles. The van der Waals surface area contributed by atoms with Crippen LogP contribution >= 0.6 is 34.5 Å². The van der Waals surface area contributed by atoms with Crippen molar-refractivity contribution in [3.05, 3.63) is 52.0 Å². The average molecular weight is 492 g/mol. The van der Waals surface area contributed by atoms with Gasteiger partial charge in [0, 0.05) is 18.0 Å². The van der Waals surface area contributed by atoms with Gasteiger partial charge in [-0.1, -0.05) is 47.5 Å². The molecule has 0 bridgehead atoms. The van der Waals surface area contributed by atoms with Gasteiger partial charge < -0.3 is 10.1 Å². The van der Waals surface area contributed by atoms with E-state index in [0.29, 0.717) is 40.4 Å². The molecule has 170 valence electrons. The molecule has 0 aliphatic carbocycles. The number of hydrogen-bond acceptors (Lipinski definition) is 5. The van der Waals surface area contributed by atoms with E-state index in [1.54, 1.807) is 18.2 Å². The minimum atomic E-state index is -0.0717. The Balaban J connectivity index is 1.25. The summed E-state index contributed by atoms with van der Waals surface area (Å²) >= 11 is 13.5. The summed E-state index contributed by atoms with van der Waals surface area (Å²) < 4.78 is 6.73. The first-order valence-corrected chi connectivity index (χ1v) is 12.5. The second kappa shape index (κ2) is 10.8. The standard InChI is InChI=1S/C24H27Cl2N3O2S/c1-16-8-10-29(11-9-16)15-17-4-6-20-22(13-17)32-24(27-20)28-23(30)3-2-12-31-21-7-5-18(25)14-19(21)26/h4-7,13-14,16H,2-3,8-12,15H2,1H3,(H,27,28,30). The number of likely N-dealkylation sites (tertiary alicyclic amines) is 1. The van der Waals surface area contributed by atoms with Gasteiger partial charge in [0.05, 0.1) is 21.8 Å².